The molecule has 0 spiro atoms. The molecule has 0 fully saturated rings. The van der Waals surface area contributed by atoms with Gasteiger partial charge in [-0.2, -0.15) is 0 Å². The maximum absolute atomic E-state index is 10.3. The van der Waals surface area contributed by atoms with Gasteiger partial charge in [0, 0.05) is 23.9 Å². The van der Waals surface area contributed by atoms with Gasteiger partial charge in [0.2, 0.25) is 0 Å². The van der Waals surface area contributed by atoms with Crippen LogP contribution in [0.25, 0.3) is 0 Å². The van der Waals surface area contributed by atoms with E-state index in [1.807, 2.05) is 13.0 Å². The highest BCUT2D eigenvalue weighted by Gasteiger charge is 2.26. The topological polar surface area (TPSA) is 38.7 Å². The lowest BCUT2D eigenvalue weighted by atomic mass is 9.95. The van der Waals surface area contributed by atoms with Gasteiger partial charge in [-0.25, -0.2) is 0 Å². The molecule has 0 bridgehead atoms. The molecule has 18 heavy (non-hydrogen) atoms. The zero-order valence-electron chi connectivity index (χ0n) is 10.8. The van der Waals surface area contributed by atoms with E-state index in [-0.39, 0.29) is 0 Å². The van der Waals surface area contributed by atoms with Gasteiger partial charge in [-0.15, -0.1) is 0 Å². The van der Waals surface area contributed by atoms with Crippen molar-refractivity contribution in [1.29, 1.82) is 0 Å². The average molecular weight is 315 g/mol. The molecular weight excluding hydrogens is 296 g/mol. The van der Waals surface area contributed by atoms with Crippen LogP contribution in [0.2, 0.25) is 0 Å². The molecule has 1 aliphatic rings. The van der Waals surface area contributed by atoms with Gasteiger partial charge < -0.3 is 14.6 Å². The van der Waals surface area contributed by atoms with Crippen molar-refractivity contribution in [2.24, 2.45) is 0 Å². The first-order valence-electron chi connectivity index (χ1n) is 6.26. The Morgan fingerprint density at radius 3 is 3.00 bits per heavy atom. The molecule has 1 heterocycles. The van der Waals surface area contributed by atoms with Crippen LogP contribution < -0.4 is 4.74 Å². The van der Waals surface area contributed by atoms with E-state index in [9.17, 15) is 5.11 Å². The van der Waals surface area contributed by atoms with Gasteiger partial charge in [-0.3, -0.25) is 0 Å². The van der Waals surface area contributed by atoms with Crippen molar-refractivity contribution in [3.05, 3.63) is 27.7 Å². The second-order valence-corrected chi connectivity index (χ2v) is 5.88. The summed E-state index contributed by atoms with van der Waals surface area (Å²) in [5.74, 6) is 0.940. The van der Waals surface area contributed by atoms with Crippen molar-refractivity contribution in [3.63, 3.8) is 0 Å². The summed E-state index contributed by atoms with van der Waals surface area (Å²) in [4.78, 5) is 0. The molecule has 0 saturated carbocycles. The number of aliphatic hydroxyl groups is 1. The smallest absolute Gasteiger partial charge is 0.125 e. The molecule has 0 aromatic heterocycles. The largest absolute Gasteiger partial charge is 0.493 e. The fourth-order valence-electron chi connectivity index (χ4n) is 2.26. The zero-order valence-corrected chi connectivity index (χ0v) is 12.4. The van der Waals surface area contributed by atoms with Crippen LogP contribution in [-0.2, 0) is 17.6 Å². The van der Waals surface area contributed by atoms with Crippen molar-refractivity contribution >= 4 is 15.9 Å². The highest BCUT2D eigenvalue weighted by molar-refractivity contribution is 9.10. The van der Waals surface area contributed by atoms with E-state index in [0.29, 0.717) is 19.6 Å². The Labute approximate surface area is 116 Å². The van der Waals surface area contributed by atoms with E-state index in [4.69, 9.17) is 9.47 Å². The SMILES string of the molecule is CCOCC(C)(O)Cc1cc(Br)cc2c1OCC2. The van der Waals surface area contributed by atoms with Gasteiger partial charge in [0.15, 0.2) is 0 Å². The summed E-state index contributed by atoms with van der Waals surface area (Å²) in [6.07, 6.45) is 1.48. The highest BCUT2D eigenvalue weighted by atomic mass is 79.9. The van der Waals surface area contributed by atoms with Crippen molar-refractivity contribution in [3.8, 4) is 5.75 Å². The minimum absolute atomic E-state index is 0.338. The number of benzene rings is 1. The lowest BCUT2D eigenvalue weighted by Crippen LogP contribution is -2.33. The van der Waals surface area contributed by atoms with Crippen LogP contribution in [0.15, 0.2) is 16.6 Å². The second kappa shape index (κ2) is 5.59. The standard InChI is InChI=1S/C14H19BrO3/c1-3-17-9-14(2,16)8-11-7-12(15)6-10-4-5-18-13(10)11/h6-7,16H,3-5,8-9H2,1-2H3. The molecule has 100 valence electrons. The Morgan fingerprint density at radius 2 is 2.28 bits per heavy atom. The van der Waals surface area contributed by atoms with Gasteiger partial charge in [-0.05, 0) is 37.1 Å². The van der Waals surface area contributed by atoms with E-state index in [1.165, 1.54) is 5.56 Å². The van der Waals surface area contributed by atoms with Crippen LogP contribution in [-0.4, -0.2) is 30.5 Å². The Bertz CT molecular complexity index is 429. The number of halogens is 1. The van der Waals surface area contributed by atoms with Crippen LogP contribution in [0.1, 0.15) is 25.0 Å². The van der Waals surface area contributed by atoms with Crippen molar-refractivity contribution in [1.82, 2.24) is 0 Å². The summed E-state index contributed by atoms with van der Waals surface area (Å²) in [5, 5.41) is 10.3. The number of hydrogen-bond donors (Lipinski definition) is 1. The van der Waals surface area contributed by atoms with E-state index < -0.39 is 5.60 Å². The third-order valence-electron chi connectivity index (χ3n) is 3.01. The normalized spacial score (nSPS) is 17.1. The maximum Gasteiger partial charge on any atom is 0.125 e. The Hall–Kier alpha value is -0.580. The molecule has 1 aliphatic heterocycles. The van der Waals surface area contributed by atoms with Crippen LogP contribution in [0.3, 0.4) is 0 Å². The van der Waals surface area contributed by atoms with Crippen molar-refractivity contribution in [2.45, 2.75) is 32.3 Å². The summed E-state index contributed by atoms with van der Waals surface area (Å²) < 4.78 is 12.0. The van der Waals surface area contributed by atoms with E-state index in [2.05, 4.69) is 22.0 Å². The molecule has 3 nitrogen and oxygen atoms in total. The lowest BCUT2D eigenvalue weighted by molar-refractivity contribution is -0.0299. The molecule has 1 unspecified atom stereocenters. The monoisotopic (exact) mass is 314 g/mol. The number of ether oxygens (including phenoxy) is 2. The predicted molar refractivity (Wildman–Crippen MR) is 74.2 cm³/mol. The van der Waals surface area contributed by atoms with Crippen LogP contribution in [0, 0.1) is 0 Å². The highest BCUT2D eigenvalue weighted by Crippen LogP contribution is 2.34. The molecular formula is C14H19BrO3. The molecule has 1 aromatic rings. The van der Waals surface area contributed by atoms with E-state index in [1.54, 1.807) is 6.92 Å². The third kappa shape index (κ3) is 3.25. The van der Waals surface area contributed by atoms with Gasteiger partial charge in [0.25, 0.3) is 0 Å². The van der Waals surface area contributed by atoms with Crippen LogP contribution in [0.4, 0.5) is 0 Å². The molecule has 2 rings (SSSR count). The molecule has 0 aliphatic carbocycles. The molecule has 1 N–H and O–H groups in total. The molecule has 4 heteroatoms. The van der Waals surface area contributed by atoms with Gasteiger partial charge >= 0.3 is 0 Å². The van der Waals surface area contributed by atoms with Crippen molar-refractivity contribution in [2.75, 3.05) is 19.8 Å². The molecule has 0 saturated heterocycles. The van der Waals surface area contributed by atoms with E-state index in [0.717, 1.165) is 28.8 Å². The number of rotatable bonds is 5. The fourth-order valence-corrected chi connectivity index (χ4v) is 2.81. The zero-order chi connectivity index (χ0) is 13.2. The third-order valence-corrected chi connectivity index (χ3v) is 3.47. The minimum atomic E-state index is -0.865. The van der Waals surface area contributed by atoms with Crippen LogP contribution >= 0.6 is 15.9 Å². The average Bonchev–Trinajstić information content (AvgIpc) is 2.74. The fraction of sp³-hybridized carbons (Fsp3) is 0.571. The molecule has 1 atom stereocenters. The summed E-state index contributed by atoms with van der Waals surface area (Å²) in [6.45, 7) is 5.40. The summed E-state index contributed by atoms with van der Waals surface area (Å²) in [6, 6.07) is 4.10. The first-order valence-corrected chi connectivity index (χ1v) is 7.05. The Balaban J connectivity index is 2.19. The first-order chi connectivity index (χ1) is 8.52. The summed E-state index contributed by atoms with van der Waals surface area (Å²) in [7, 11) is 0. The number of hydrogen-bond acceptors (Lipinski definition) is 3. The Morgan fingerprint density at radius 1 is 1.50 bits per heavy atom. The van der Waals surface area contributed by atoms with Crippen molar-refractivity contribution < 1.29 is 14.6 Å². The van der Waals surface area contributed by atoms with Gasteiger partial charge in [-0.1, -0.05) is 15.9 Å². The summed E-state index contributed by atoms with van der Waals surface area (Å²) in [5.41, 5.74) is 1.39. The van der Waals surface area contributed by atoms with Gasteiger partial charge in [0.1, 0.15) is 5.75 Å². The molecule has 1 aromatic carbocycles. The first kappa shape index (κ1) is 13.8. The summed E-state index contributed by atoms with van der Waals surface area (Å²) >= 11 is 3.51. The van der Waals surface area contributed by atoms with Gasteiger partial charge in [0.05, 0.1) is 18.8 Å². The molecule has 0 amide bonds. The quantitative estimate of drug-likeness (QED) is 0.908. The second-order valence-electron chi connectivity index (χ2n) is 4.96. The maximum atomic E-state index is 10.3. The van der Waals surface area contributed by atoms with Crippen LogP contribution in [0.5, 0.6) is 5.75 Å². The predicted octanol–water partition coefficient (Wildman–Crippen LogP) is 2.71. The number of fused-ring (bicyclic) bond motifs is 1. The lowest BCUT2D eigenvalue weighted by Gasteiger charge is -2.24. The van der Waals surface area contributed by atoms with E-state index >= 15 is 0 Å². The Kier molecular flexibility index (Phi) is 4.30. The molecule has 0 radical (unpaired) electrons. The minimum Gasteiger partial charge on any atom is -0.493 e.